The van der Waals surface area contributed by atoms with Gasteiger partial charge in [0.15, 0.2) is 6.10 Å². The largest absolute Gasteiger partial charge is 0.544 e. The fraction of sp³-hybridized carbons (Fsp3) is 0.816. The van der Waals surface area contributed by atoms with E-state index < -0.39 is 18.1 Å². The van der Waals surface area contributed by atoms with Crippen molar-refractivity contribution in [2.24, 2.45) is 0 Å². The van der Waals surface area contributed by atoms with Crippen LogP contribution in [0.2, 0.25) is 0 Å². The molecule has 0 aromatic heterocycles. The molecule has 0 aromatic carbocycles. The van der Waals surface area contributed by atoms with E-state index in [1.807, 2.05) is 0 Å². The van der Waals surface area contributed by atoms with Crippen LogP contribution in [-0.2, 0) is 28.6 Å². The topological polar surface area (TPSA) is 102 Å². The van der Waals surface area contributed by atoms with Crippen molar-refractivity contribution >= 4 is 17.9 Å². The van der Waals surface area contributed by atoms with Gasteiger partial charge in [0.05, 0.1) is 40.3 Å². The number of hydrogen-bond donors (Lipinski definition) is 0. The van der Waals surface area contributed by atoms with Crippen LogP contribution in [0.1, 0.15) is 206 Å². The molecular weight excluding hydrogens is 715 g/mol. The molecule has 0 fully saturated rings. The number of quaternary nitrogens is 1. The van der Waals surface area contributed by atoms with Crippen molar-refractivity contribution in [3.63, 3.8) is 0 Å². The molecule has 0 aliphatic carbocycles. The molecule has 57 heavy (non-hydrogen) atoms. The number of esters is 2. The number of carbonyl (C=O) groups is 3. The monoisotopic (exact) mass is 804 g/mol. The van der Waals surface area contributed by atoms with Gasteiger partial charge >= 0.3 is 11.9 Å². The van der Waals surface area contributed by atoms with Crippen LogP contribution in [0.3, 0.4) is 0 Å². The summed E-state index contributed by atoms with van der Waals surface area (Å²) in [5, 5.41) is 11.6. The van der Waals surface area contributed by atoms with Crippen LogP contribution in [0.15, 0.2) is 36.5 Å². The van der Waals surface area contributed by atoms with E-state index in [0.717, 1.165) is 70.6 Å². The Morgan fingerprint density at radius 2 is 0.947 bits per heavy atom. The minimum atomic E-state index is -1.13. The first kappa shape index (κ1) is 54.6. The molecule has 2 unspecified atom stereocenters. The summed E-state index contributed by atoms with van der Waals surface area (Å²) in [5.74, 6) is -1.76. The Bertz CT molecular complexity index is 1030. The molecule has 0 spiro atoms. The SMILES string of the molecule is CCCC/C=C/CCCCCCC(=O)OC(COCCC(C(=O)[O-])[N+](C)(C)C)COC(=O)CCCCCCCCC/C=C/C/C=C/CCCCCCCCCCC. The summed E-state index contributed by atoms with van der Waals surface area (Å²) in [6.45, 7) is 4.60. The van der Waals surface area contributed by atoms with Crippen molar-refractivity contribution in [2.75, 3.05) is 41.0 Å². The standard InChI is InChI=1S/C49H89NO7/c1-6-8-10-12-14-16-18-19-20-21-22-23-24-25-26-27-28-29-30-32-33-35-37-39-47(51)56-44-45(43-55-42-41-46(49(53)54)50(3,4)5)57-48(52)40-38-36-34-31-17-15-13-11-9-7-2/h13,15,22-23,25-26,45-46H,6-12,14,16-21,24,27-44H2,1-5H3/b15-13+,23-22+,26-25+. The summed E-state index contributed by atoms with van der Waals surface area (Å²) in [7, 11) is 5.40. The fourth-order valence-corrected chi connectivity index (χ4v) is 6.79. The van der Waals surface area contributed by atoms with Gasteiger partial charge in [0, 0.05) is 19.3 Å². The number of aliphatic carboxylic acids is 1. The van der Waals surface area contributed by atoms with Gasteiger partial charge in [-0.1, -0.05) is 159 Å². The van der Waals surface area contributed by atoms with Crippen molar-refractivity contribution < 1.29 is 38.2 Å². The first-order chi connectivity index (χ1) is 27.6. The molecule has 0 aliphatic heterocycles. The van der Waals surface area contributed by atoms with Crippen molar-refractivity contribution in [2.45, 2.75) is 219 Å². The quantitative estimate of drug-likeness (QED) is 0.0262. The van der Waals surface area contributed by atoms with Crippen LogP contribution >= 0.6 is 0 Å². The van der Waals surface area contributed by atoms with Gasteiger partial charge in [0.2, 0.25) is 0 Å². The molecule has 8 nitrogen and oxygen atoms in total. The predicted octanol–water partition coefficient (Wildman–Crippen LogP) is 11.7. The first-order valence-electron chi connectivity index (χ1n) is 23.5. The number of carbonyl (C=O) groups excluding carboxylic acids is 3. The van der Waals surface area contributed by atoms with Gasteiger partial charge in [-0.05, 0) is 64.2 Å². The zero-order chi connectivity index (χ0) is 42.1. The van der Waals surface area contributed by atoms with Crippen LogP contribution < -0.4 is 5.11 Å². The molecule has 0 N–H and O–H groups in total. The van der Waals surface area contributed by atoms with Crippen LogP contribution in [0, 0.1) is 0 Å². The molecule has 0 rings (SSSR count). The Labute approximate surface area is 351 Å². The molecule has 0 saturated carbocycles. The second-order valence-corrected chi connectivity index (χ2v) is 17.0. The van der Waals surface area contributed by atoms with Crippen LogP contribution in [-0.4, -0.2) is 75.5 Å². The number of allylic oxidation sites excluding steroid dienone is 6. The molecule has 0 aliphatic rings. The number of carboxylic acid groups (broad SMARTS) is 1. The summed E-state index contributed by atoms with van der Waals surface area (Å²) >= 11 is 0. The number of ether oxygens (including phenoxy) is 3. The third kappa shape index (κ3) is 38.8. The van der Waals surface area contributed by atoms with Crippen molar-refractivity contribution in [1.82, 2.24) is 0 Å². The molecule has 0 bridgehead atoms. The summed E-state index contributed by atoms with van der Waals surface area (Å²) in [5.41, 5.74) is 0. The molecular formula is C49H89NO7. The number of likely N-dealkylation sites (N-methyl/N-ethyl adjacent to an activating group) is 1. The van der Waals surface area contributed by atoms with E-state index in [1.54, 1.807) is 21.1 Å². The maximum atomic E-state index is 12.7. The van der Waals surface area contributed by atoms with Gasteiger partial charge in [-0.3, -0.25) is 9.59 Å². The Hall–Kier alpha value is -2.45. The van der Waals surface area contributed by atoms with Gasteiger partial charge in [-0.2, -0.15) is 0 Å². The van der Waals surface area contributed by atoms with Crippen molar-refractivity contribution in [3.05, 3.63) is 36.5 Å². The predicted molar refractivity (Wildman–Crippen MR) is 236 cm³/mol. The molecule has 0 saturated heterocycles. The van der Waals surface area contributed by atoms with Crippen molar-refractivity contribution in [3.8, 4) is 0 Å². The smallest absolute Gasteiger partial charge is 0.306 e. The molecule has 2 atom stereocenters. The summed E-state index contributed by atoms with van der Waals surface area (Å²) in [4.78, 5) is 36.8. The number of nitrogens with zero attached hydrogens (tertiary/aromatic N) is 1. The Balaban J connectivity index is 4.20. The maximum absolute atomic E-state index is 12.7. The van der Waals surface area contributed by atoms with E-state index in [1.165, 1.54) is 103 Å². The second kappa shape index (κ2) is 40.3. The highest BCUT2D eigenvalue weighted by Crippen LogP contribution is 2.14. The van der Waals surface area contributed by atoms with E-state index in [4.69, 9.17) is 14.2 Å². The highest BCUT2D eigenvalue weighted by molar-refractivity contribution is 5.70. The number of rotatable bonds is 42. The molecule has 0 aromatic rings. The lowest BCUT2D eigenvalue weighted by atomic mass is 10.1. The number of hydrogen-bond acceptors (Lipinski definition) is 7. The molecule has 8 heteroatoms. The number of unbranched alkanes of at least 4 members (excludes halogenated alkanes) is 22. The highest BCUT2D eigenvalue weighted by atomic mass is 16.6. The lowest BCUT2D eigenvalue weighted by Gasteiger charge is -2.34. The summed E-state index contributed by atoms with van der Waals surface area (Å²) in [6, 6.07) is -0.727. The zero-order valence-corrected chi connectivity index (χ0v) is 37.8. The maximum Gasteiger partial charge on any atom is 0.306 e. The Morgan fingerprint density at radius 3 is 1.42 bits per heavy atom. The first-order valence-corrected chi connectivity index (χ1v) is 23.5. The average Bonchev–Trinajstić information content (AvgIpc) is 3.17. The average molecular weight is 804 g/mol. The highest BCUT2D eigenvalue weighted by Gasteiger charge is 2.25. The van der Waals surface area contributed by atoms with E-state index in [2.05, 4.69) is 50.3 Å². The minimum absolute atomic E-state index is 0.0343. The van der Waals surface area contributed by atoms with Crippen LogP contribution in [0.5, 0.6) is 0 Å². The molecule has 332 valence electrons. The molecule has 0 radical (unpaired) electrons. The summed E-state index contributed by atoms with van der Waals surface area (Å²) < 4.78 is 17.1. The fourth-order valence-electron chi connectivity index (χ4n) is 6.79. The molecule has 0 amide bonds. The third-order valence-electron chi connectivity index (χ3n) is 10.5. The van der Waals surface area contributed by atoms with Gasteiger partial charge in [0.25, 0.3) is 0 Å². The van der Waals surface area contributed by atoms with Gasteiger partial charge in [0.1, 0.15) is 12.6 Å². The van der Waals surface area contributed by atoms with Crippen LogP contribution in [0.25, 0.3) is 0 Å². The van der Waals surface area contributed by atoms with E-state index in [0.29, 0.717) is 12.8 Å². The van der Waals surface area contributed by atoms with Gasteiger partial charge in [-0.25, -0.2) is 0 Å². The zero-order valence-electron chi connectivity index (χ0n) is 37.8. The van der Waals surface area contributed by atoms with Gasteiger partial charge < -0.3 is 28.6 Å². The van der Waals surface area contributed by atoms with Crippen molar-refractivity contribution in [1.29, 1.82) is 0 Å². The lowest BCUT2D eigenvalue weighted by Crippen LogP contribution is -2.55. The Kier molecular flexibility index (Phi) is 38.6. The van der Waals surface area contributed by atoms with E-state index in [9.17, 15) is 19.5 Å². The third-order valence-corrected chi connectivity index (χ3v) is 10.5. The summed E-state index contributed by atoms with van der Waals surface area (Å²) in [6.07, 6.45) is 46.1. The lowest BCUT2D eigenvalue weighted by molar-refractivity contribution is -0.889. The van der Waals surface area contributed by atoms with Crippen LogP contribution in [0.4, 0.5) is 0 Å². The van der Waals surface area contributed by atoms with Gasteiger partial charge in [-0.15, -0.1) is 0 Å². The second-order valence-electron chi connectivity index (χ2n) is 17.0. The normalized spacial score (nSPS) is 13.2. The minimum Gasteiger partial charge on any atom is -0.544 e. The Morgan fingerprint density at radius 1 is 0.526 bits per heavy atom. The molecule has 0 heterocycles. The van der Waals surface area contributed by atoms with E-state index >= 15 is 0 Å². The van der Waals surface area contributed by atoms with E-state index in [-0.39, 0.29) is 42.7 Å². The number of carboxylic acids is 1.